The van der Waals surface area contributed by atoms with Crippen molar-refractivity contribution in [2.75, 3.05) is 0 Å². The van der Waals surface area contributed by atoms with E-state index in [0.29, 0.717) is 4.34 Å². The molecule has 0 radical (unpaired) electrons. The van der Waals surface area contributed by atoms with Gasteiger partial charge in [-0.15, -0.1) is 10.2 Å². The van der Waals surface area contributed by atoms with E-state index in [-0.39, 0.29) is 16.3 Å². The summed E-state index contributed by atoms with van der Waals surface area (Å²) in [7, 11) is 0. The highest BCUT2D eigenvalue weighted by Crippen LogP contribution is 2.33. The van der Waals surface area contributed by atoms with E-state index in [4.69, 9.17) is 5.11 Å². The average molecular weight is 284 g/mol. The monoisotopic (exact) mass is 284 g/mol. The first-order chi connectivity index (χ1) is 8.58. The summed E-state index contributed by atoms with van der Waals surface area (Å²) in [5.41, 5.74) is 0.887. The second-order valence-electron chi connectivity index (χ2n) is 2.92. The van der Waals surface area contributed by atoms with E-state index in [1.54, 1.807) is 0 Å². The van der Waals surface area contributed by atoms with Crippen LogP contribution in [0.3, 0.4) is 0 Å². The van der Waals surface area contributed by atoms with E-state index in [0.717, 1.165) is 24.0 Å². The lowest BCUT2D eigenvalue weighted by Crippen LogP contribution is -2.01. The normalized spacial score (nSPS) is 10.2. The maximum atomic E-state index is 10.9. The van der Waals surface area contributed by atoms with E-state index >= 15 is 0 Å². The van der Waals surface area contributed by atoms with Gasteiger partial charge >= 0.3 is 11.7 Å². The van der Waals surface area contributed by atoms with Crippen LogP contribution < -0.4 is 0 Å². The molecule has 10 heteroatoms. The summed E-state index contributed by atoms with van der Waals surface area (Å²) in [6, 6.07) is 0.971. The number of nitro groups is 1. The second kappa shape index (κ2) is 5.06. The predicted octanol–water partition coefficient (Wildman–Crippen LogP) is 1.69. The molecule has 0 aliphatic heterocycles. The highest BCUT2D eigenvalue weighted by atomic mass is 32.2. The van der Waals surface area contributed by atoms with Crippen molar-refractivity contribution < 1.29 is 14.8 Å². The standard InChI is InChI=1S/C8H4N4O4S2/c13-7(14)4-1-5(12(15)16)6(9-2-4)18-8-11-10-3-17-8/h1-3H,(H,13,14). The van der Waals surface area contributed by atoms with Gasteiger partial charge in [0.2, 0.25) is 0 Å². The Hall–Kier alpha value is -2.07. The van der Waals surface area contributed by atoms with Crippen molar-refractivity contribution in [1.29, 1.82) is 0 Å². The van der Waals surface area contributed by atoms with Crippen LogP contribution in [-0.2, 0) is 0 Å². The summed E-state index contributed by atoms with van der Waals surface area (Å²) in [4.78, 5) is 24.7. The minimum atomic E-state index is -1.27. The smallest absolute Gasteiger partial charge is 0.337 e. The first-order valence-corrected chi connectivity index (χ1v) is 6.09. The lowest BCUT2D eigenvalue weighted by molar-refractivity contribution is -0.388. The highest BCUT2D eigenvalue weighted by molar-refractivity contribution is 8.01. The third-order valence-electron chi connectivity index (χ3n) is 1.80. The van der Waals surface area contributed by atoms with Crippen molar-refractivity contribution in [2.24, 2.45) is 0 Å². The molecule has 0 saturated carbocycles. The molecule has 92 valence electrons. The van der Waals surface area contributed by atoms with Crippen molar-refractivity contribution >= 4 is 34.8 Å². The largest absolute Gasteiger partial charge is 0.478 e. The summed E-state index contributed by atoms with van der Waals surface area (Å²) in [5, 5.41) is 27.0. The van der Waals surface area contributed by atoms with Crippen LogP contribution in [-0.4, -0.2) is 31.2 Å². The van der Waals surface area contributed by atoms with Gasteiger partial charge in [0, 0.05) is 12.3 Å². The van der Waals surface area contributed by atoms with Gasteiger partial charge in [0.15, 0.2) is 9.37 Å². The summed E-state index contributed by atoms with van der Waals surface area (Å²) < 4.78 is 0.494. The summed E-state index contributed by atoms with van der Waals surface area (Å²) in [5.74, 6) is -1.27. The molecule has 2 rings (SSSR count). The molecule has 2 aromatic heterocycles. The average Bonchev–Trinajstić information content (AvgIpc) is 2.81. The molecule has 2 heterocycles. The van der Waals surface area contributed by atoms with Gasteiger partial charge < -0.3 is 5.11 Å². The molecule has 0 amide bonds. The third kappa shape index (κ3) is 2.60. The number of hydrogen-bond donors (Lipinski definition) is 1. The molecular weight excluding hydrogens is 280 g/mol. The number of aromatic carboxylic acids is 1. The quantitative estimate of drug-likeness (QED) is 0.665. The highest BCUT2D eigenvalue weighted by Gasteiger charge is 2.20. The zero-order valence-corrected chi connectivity index (χ0v) is 10.1. The van der Waals surface area contributed by atoms with Crippen LogP contribution in [0.5, 0.6) is 0 Å². The van der Waals surface area contributed by atoms with Gasteiger partial charge in [-0.1, -0.05) is 11.3 Å². The fraction of sp³-hybridized carbons (Fsp3) is 0. The van der Waals surface area contributed by atoms with Crippen molar-refractivity contribution in [3.05, 3.63) is 33.5 Å². The summed E-state index contributed by atoms with van der Waals surface area (Å²) in [6.45, 7) is 0. The molecule has 0 aliphatic carbocycles. The topological polar surface area (TPSA) is 119 Å². The molecule has 1 N–H and O–H groups in total. The van der Waals surface area contributed by atoms with Crippen molar-refractivity contribution in [3.8, 4) is 0 Å². The molecule has 0 fully saturated rings. The molecule has 0 saturated heterocycles. The van der Waals surface area contributed by atoms with E-state index in [9.17, 15) is 14.9 Å². The van der Waals surface area contributed by atoms with Crippen molar-refractivity contribution in [1.82, 2.24) is 15.2 Å². The van der Waals surface area contributed by atoms with E-state index in [1.807, 2.05) is 0 Å². The molecule has 0 bridgehead atoms. The minimum Gasteiger partial charge on any atom is -0.478 e. The summed E-state index contributed by atoms with van der Waals surface area (Å²) >= 11 is 2.18. The van der Waals surface area contributed by atoms with E-state index in [1.165, 1.54) is 16.8 Å². The molecule has 0 aliphatic rings. The molecule has 18 heavy (non-hydrogen) atoms. The first kappa shape index (κ1) is 12.4. The zero-order valence-electron chi connectivity index (χ0n) is 8.51. The van der Waals surface area contributed by atoms with E-state index < -0.39 is 10.9 Å². The Kier molecular flexibility index (Phi) is 3.48. The van der Waals surface area contributed by atoms with Gasteiger partial charge in [-0.3, -0.25) is 10.1 Å². The molecule has 2 aromatic rings. The van der Waals surface area contributed by atoms with Crippen LogP contribution in [0.4, 0.5) is 5.69 Å². The Bertz CT molecular complexity index is 601. The van der Waals surface area contributed by atoms with Gasteiger partial charge in [0.25, 0.3) is 0 Å². The fourth-order valence-corrected chi connectivity index (χ4v) is 2.49. The number of nitrogens with zero attached hydrogens (tertiary/aromatic N) is 4. The Morgan fingerprint density at radius 2 is 2.33 bits per heavy atom. The third-order valence-corrected chi connectivity index (χ3v) is 3.59. The zero-order chi connectivity index (χ0) is 13.1. The van der Waals surface area contributed by atoms with Crippen LogP contribution in [0, 0.1) is 10.1 Å². The Morgan fingerprint density at radius 1 is 1.56 bits per heavy atom. The Balaban J connectivity index is 2.40. The van der Waals surface area contributed by atoms with Crippen LogP contribution in [0.15, 0.2) is 27.1 Å². The number of hydrogen-bond acceptors (Lipinski definition) is 8. The Labute approximate surface area is 108 Å². The number of aromatic nitrogens is 3. The van der Waals surface area contributed by atoms with Crippen LogP contribution >= 0.6 is 23.1 Å². The lowest BCUT2D eigenvalue weighted by atomic mass is 10.3. The SMILES string of the molecule is O=C(O)c1cnc(Sc2nncs2)c([N+](=O)[O-])c1. The Morgan fingerprint density at radius 3 is 2.89 bits per heavy atom. The summed E-state index contributed by atoms with van der Waals surface area (Å²) in [6.07, 6.45) is 1.07. The molecule has 0 unspecified atom stereocenters. The number of carbonyl (C=O) groups is 1. The van der Waals surface area contributed by atoms with Crippen molar-refractivity contribution in [2.45, 2.75) is 9.37 Å². The predicted molar refractivity (Wildman–Crippen MR) is 61.9 cm³/mol. The lowest BCUT2D eigenvalue weighted by Gasteiger charge is -2.00. The van der Waals surface area contributed by atoms with Gasteiger partial charge in [-0.25, -0.2) is 9.78 Å². The second-order valence-corrected chi connectivity index (χ2v) is 4.99. The van der Waals surface area contributed by atoms with Gasteiger partial charge in [0.1, 0.15) is 5.51 Å². The molecular formula is C8H4N4O4S2. The molecule has 0 aromatic carbocycles. The van der Waals surface area contributed by atoms with Crippen LogP contribution in [0.25, 0.3) is 0 Å². The fourth-order valence-electron chi connectivity index (χ4n) is 1.06. The van der Waals surface area contributed by atoms with Crippen LogP contribution in [0.2, 0.25) is 0 Å². The maximum Gasteiger partial charge on any atom is 0.337 e. The van der Waals surface area contributed by atoms with E-state index in [2.05, 4.69) is 15.2 Å². The number of carboxylic acids is 1. The van der Waals surface area contributed by atoms with Gasteiger partial charge in [0.05, 0.1) is 10.5 Å². The minimum absolute atomic E-state index is 0.0850. The number of pyridine rings is 1. The van der Waals surface area contributed by atoms with Gasteiger partial charge in [-0.2, -0.15) is 0 Å². The van der Waals surface area contributed by atoms with Crippen molar-refractivity contribution in [3.63, 3.8) is 0 Å². The molecule has 8 nitrogen and oxygen atoms in total. The van der Waals surface area contributed by atoms with Gasteiger partial charge in [-0.05, 0) is 11.8 Å². The first-order valence-electron chi connectivity index (χ1n) is 4.39. The molecule has 0 spiro atoms. The molecule has 0 atom stereocenters. The van der Waals surface area contributed by atoms with Crippen LogP contribution in [0.1, 0.15) is 10.4 Å². The number of carboxylic acid groups (broad SMARTS) is 1. The number of rotatable bonds is 4. The maximum absolute atomic E-state index is 10.9.